The van der Waals surface area contributed by atoms with Crippen LogP contribution in [0.2, 0.25) is 0 Å². The minimum Gasteiger partial charge on any atom is -0.466 e. The van der Waals surface area contributed by atoms with Crippen molar-refractivity contribution in [2.75, 3.05) is 6.61 Å². The molecular formula is C17H31NO5. The van der Waals surface area contributed by atoms with Crippen LogP contribution in [0.3, 0.4) is 0 Å². The third kappa shape index (κ3) is 5.46. The summed E-state index contributed by atoms with van der Waals surface area (Å²) in [5.74, 6) is -0.804. The van der Waals surface area contributed by atoms with Crippen molar-refractivity contribution in [3.05, 3.63) is 0 Å². The molecule has 23 heavy (non-hydrogen) atoms. The minimum atomic E-state index is -0.429. The van der Waals surface area contributed by atoms with Gasteiger partial charge in [-0.1, -0.05) is 0 Å². The summed E-state index contributed by atoms with van der Waals surface area (Å²) >= 11 is 0. The van der Waals surface area contributed by atoms with Gasteiger partial charge in [0.2, 0.25) is 0 Å². The third-order valence-electron chi connectivity index (χ3n) is 4.28. The molecule has 1 unspecified atom stereocenters. The predicted octanol–water partition coefficient (Wildman–Crippen LogP) is 2.23. The van der Waals surface area contributed by atoms with Gasteiger partial charge in [-0.25, -0.2) is 0 Å². The first-order chi connectivity index (χ1) is 10.5. The molecule has 0 saturated carbocycles. The first kappa shape index (κ1) is 19.9. The molecule has 0 amide bonds. The summed E-state index contributed by atoms with van der Waals surface area (Å²) in [5, 5.41) is 10.1. The van der Waals surface area contributed by atoms with Crippen molar-refractivity contribution in [3.63, 3.8) is 0 Å². The number of nitrogens with zero attached hydrogens (tertiary/aromatic N) is 1. The van der Waals surface area contributed by atoms with Gasteiger partial charge in [-0.15, -0.1) is 0 Å². The number of esters is 2. The average molecular weight is 329 g/mol. The molecule has 0 spiro atoms. The van der Waals surface area contributed by atoms with Gasteiger partial charge in [0.25, 0.3) is 0 Å². The van der Waals surface area contributed by atoms with Gasteiger partial charge in [0, 0.05) is 11.1 Å². The molecule has 1 atom stereocenters. The van der Waals surface area contributed by atoms with Crippen LogP contribution < -0.4 is 0 Å². The number of aliphatic hydroxyl groups is 1. The number of carbonyl (C=O) groups is 2. The summed E-state index contributed by atoms with van der Waals surface area (Å²) in [6, 6.07) is 0. The third-order valence-corrected chi connectivity index (χ3v) is 4.28. The molecule has 1 rings (SSSR count). The van der Waals surface area contributed by atoms with E-state index < -0.39 is 12.2 Å². The van der Waals surface area contributed by atoms with Crippen LogP contribution >= 0.6 is 0 Å². The molecule has 6 nitrogen and oxygen atoms in total. The lowest BCUT2D eigenvalue weighted by atomic mass is 9.78. The fourth-order valence-electron chi connectivity index (χ4n) is 3.96. The Morgan fingerprint density at radius 1 is 1.13 bits per heavy atom. The number of rotatable bonds is 6. The molecule has 1 fully saturated rings. The van der Waals surface area contributed by atoms with Gasteiger partial charge in [0.1, 0.15) is 0 Å². The number of likely N-dealkylation sites (tertiary alicyclic amines) is 1. The molecule has 0 radical (unpaired) electrons. The standard InChI is InChI=1S/C17H31NO5/c1-7-22-14(20)8-9-15(21)23-12(2)18-16(3,4)10-13(19)11-17(18,5)6/h12-13,19H,7-11H2,1-6H3. The zero-order valence-electron chi connectivity index (χ0n) is 15.2. The number of hydrogen-bond donors (Lipinski definition) is 1. The van der Waals surface area contributed by atoms with Gasteiger partial charge in [-0.05, 0) is 54.4 Å². The Hall–Kier alpha value is -1.14. The lowest BCUT2D eigenvalue weighted by Crippen LogP contribution is -2.65. The van der Waals surface area contributed by atoms with Gasteiger partial charge < -0.3 is 14.6 Å². The first-order valence-electron chi connectivity index (χ1n) is 8.32. The largest absolute Gasteiger partial charge is 0.466 e. The average Bonchev–Trinajstić information content (AvgIpc) is 2.32. The fourth-order valence-corrected chi connectivity index (χ4v) is 3.96. The highest BCUT2D eigenvalue weighted by Gasteiger charge is 2.48. The smallest absolute Gasteiger partial charge is 0.307 e. The highest BCUT2D eigenvalue weighted by Crippen LogP contribution is 2.40. The second kappa shape index (κ2) is 7.62. The fraction of sp³-hybridized carbons (Fsp3) is 0.882. The van der Waals surface area contributed by atoms with Crippen LogP contribution in [0.1, 0.15) is 67.2 Å². The molecule has 1 aliphatic rings. The number of ether oxygens (including phenoxy) is 2. The lowest BCUT2D eigenvalue weighted by Gasteiger charge is -2.56. The molecule has 0 aromatic heterocycles. The van der Waals surface area contributed by atoms with E-state index in [1.165, 1.54) is 0 Å². The number of piperidine rings is 1. The normalized spacial score (nSPS) is 22.4. The number of carbonyl (C=O) groups excluding carboxylic acids is 2. The maximum atomic E-state index is 12.0. The van der Waals surface area contributed by atoms with Crippen LogP contribution in [0.4, 0.5) is 0 Å². The molecule has 1 aliphatic heterocycles. The van der Waals surface area contributed by atoms with Crippen molar-refractivity contribution < 1.29 is 24.2 Å². The highest BCUT2D eigenvalue weighted by atomic mass is 16.6. The Morgan fingerprint density at radius 3 is 2.09 bits per heavy atom. The van der Waals surface area contributed by atoms with E-state index in [-0.39, 0.29) is 36.0 Å². The van der Waals surface area contributed by atoms with Crippen molar-refractivity contribution >= 4 is 11.9 Å². The van der Waals surface area contributed by atoms with Crippen LogP contribution in [0, 0.1) is 0 Å². The van der Waals surface area contributed by atoms with E-state index in [1.54, 1.807) is 6.92 Å². The van der Waals surface area contributed by atoms with Gasteiger partial charge in [0.05, 0.1) is 25.6 Å². The maximum Gasteiger partial charge on any atom is 0.307 e. The Morgan fingerprint density at radius 2 is 1.61 bits per heavy atom. The maximum absolute atomic E-state index is 12.0. The molecule has 0 aromatic rings. The van der Waals surface area contributed by atoms with E-state index in [9.17, 15) is 14.7 Å². The van der Waals surface area contributed by atoms with Crippen molar-refractivity contribution in [2.24, 2.45) is 0 Å². The van der Waals surface area contributed by atoms with E-state index in [4.69, 9.17) is 9.47 Å². The molecule has 0 aromatic carbocycles. The van der Waals surface area contributed by atoms with Crippen LogP contribution in [0.5, 0.6) is 0 Å². The molecule has 0 aliphatic carbocycles. The molecule has 1 N–H and O–H groups in total. The topological polar surface area (TPSA) is 76.1 Å². The summed E-state index contributed by atoms with van der Waals surface area (Å²) in [6.07, 6.45) is 0.512. The lowest BCUT2D eigenvalue weighted by molar-refractivity contribution is -0.189. The van der Waals surface area contributed by atoms with E-state index in [2.05, 4.69) is 4.90 Å². The second-order valence-corrected chi connectivity index (χ2v) is 7.45. The number of hydrogen-bond acceptors (Lipinski definition) is 6. The summed E-state index contributed by atoms with van der Waals surface area (Å²) < 4.78 is 10.3. The van der Waals surface area contributed by atoms with Gasteiger partial charge in [-0.2, -0.15) is 0 Å². The quantitative estimate of drug-likeness (QED) is 0.753. The van der Waals surface area contributed by atoms with E-state index in [0.717, 1.165) is 0 Å². The van der Waals surface area contributed by atoms with E-state index in [0.29, 0.717) is 19.4 Å². The van der Waals surface area contributed by atoms with Crippen molar-refractivity contribution in [1.82, 2.24) is 4.90 Å². The molecule has 1 saturated heterocycles. The Bertz CT molecular complexity index is 415. The van der Waals surface area contributed by atoms with Crippen molar-refractivity contribution in [1.29, 1.82) is 0 Å². The van der Waals surface area contributed by atoms with Crippen LogP contribution in [0.25, 0.3) is 0 Å². The zero-order chi connectivity index (χ0) is 17.8. The summed E-state index contributed by atoms with van der Waals surface area (Å²) in [4.78, 5) is 25.4. The Balaban J connectivity index is 2.66. The predicted molar refractivity (Wildman–Crippen MR) is 86.7 cm³/mol. The summed E-state index contributed by atoms with van der Waals surface area (Å²) in [7, 11) is 0. The monoisotopic (exact) mass is 329 g/mol. The highest BCUT2D eigenvalue weighted by molar-refractivity contribution is 5.77. The Kier molecular flexibility index (Phi) is 6.59. The Labute approximate surface area is 139 Å². The summed E-state index contributed by atoms with van der Waals surface area (Å²) in [6.45, 7) is 12.0. The van der Waals surface area contributed by atoms with Gasteiger partial charge in [-0.3, -0.25) is 14.5 Å². The van der Waals surface area contributed by atoms with Crippen LogP contribution in [0.15, 0.2) is 0 Å². The molecule has 134 valence electrons. The van der Waals surface area contributed by atoms with E-state index in [1.807, 2.05) is 34.6 Å². The van der Waals surface area contributed by atoms with Crippen molar-refractivity contribution in [3.8, 4) is 0 Å². The van der Waals surface area contributed by atoms with Crippen LogP contribution in [-0.2, 0) is 19.1 Å². The summed E-state index contributed by atoms with van der Waals surface area (Å²) in [5.41, 5.74) is -0.579. The van der Waals surface area contributed by atoms with Gasteiger partial charge in [0.15, 0.2) is 6.23 Å². The minimum absolute atomic E-state index is 0.0144. The van der Waals surface area contributed by atoms with Crippen molar-refractivity contribution in [2.45, 2.75) is 90.6 Å². The zero-order valence-corrected chi connectivity index (χ0v) is 15.2. The van der Waals surface area contributed by atoms with E-state index >= 15 is 0 Å². The van der Waals surface area contributed by atoms with Crippen LogP contribution in [-0.4, -0.2) is 52.0 Å². The molecule has 1 heterocycles. The second-order valence-electron chi connectivity index (χ2n) is 7.45. The first-order valence-corrected chi connectivity index (χ1v) is 8.32. The molecule has 6 heteroatoms. The SMILES string of the molecule is CCOC(=O)CCC(=O)OC(C)N1C(C)(C)CC(O)CC1(C)C. The molecule has 0 bridgehead atoms. The molecular weight excluding hydrogens is 298 g/mol. The van der Waals surface area contributed by atoms with Gasteiger partial charge >= 0.3 is 11.9 Å². The number of aliphatic hydroxyl groups excluding tert-OH is 1.